The van der Waals surface area contributed by atoms with Crippen LogP contribution in [0, 0.1) is 0 Å². The van der Waals surface area contributed by atoms with E-state index < -0.39 is 0 Å². The number of nitrogens with one attached hydrogen (secondary N) is 1. The third-order valence-corrected chi connectivity index (χ3v) is 2.58. The molecular formula is C12H11N3O2. The first-order valence-electron chi connectivity index (χ1n) is 5.27. The van der Waals surface area contributed by atoms with Gasteiger partial charge in [-0.15, -0.1) is 0 Å². The fourth-order valence-electron chi connectivity index (χ4n) is 1.78. The van der Waals surface area contributed by atoms with Crippen LogP contribution in [0.2, 0.25) is 0 Å². The lowest BCUT2D eigenvalue weighted by Crippen LogP contribution is -1.97. The fourth-order valence-corrected chi connectivity index (χ4v) is 1.78. The second kappa shape index (κ2) is 3.93. The van der Waals surface area contributed by atoms with Gasteiger partial charge in [0.15, 0.2) is 17.3 Å². The minimum absolute atomic E-state index is 0.276. The van der Waals surface area contributed by atoms with Gasteiger partial charge in [0, 0.05) is 25.0 Å². The Morgan fingerprint density at radius 2 is 1.94 bits per heavy atom. The number of aromatic nitrogens is 2. The Balaban J connectivity index is 2.09. The van der Waals surface area contributed by atoms with Crippen LogP contribution >= 0.6 is 0 Å². The third kappa shape index (κ3) is 1.65. The van der Waals surface area contributed by atoms with Gasteiger partial charge < -0.3 is 14.8 Å². The average Bonchev–Trinajstić information content (AvgIpc) is 2.85. The molecule has 3 rings (SSSR count). The molecule has 17 heavy (non-hydrogen) atoms. The molecule has 0 bridgehead atoms. The molecule has 0 saturated heterocycles. The summed E-state index contributed by atoms with van der Waals surface area (Å²) in [6.07, 6.45) is 3.32. The first-order valence-corrected chi connectivity index (χ1v) is 5.27. The molecule has 2 heterocycles. The lowest BCUT2D eigenvalue weighted by atomic mass is 10.1. The van der Waals surface area contributed by atoms with Crippen molar-refractivity contribution >= 4 is 5.82 Å². The van der Waals surface area contributed by atoms with E-state index in [-0.39, 0.29) is 6.79 Å². The van der Waals surface area contributed by atoms with Crippen molar-refractivity contribution in [1.82, 2.24) is 9.97 Å². The molecule has 0 fully saturated rings. The van der Waals surface area contributed by atoms with Gasteiger partial charge >= 0.3 is 0 Å². The Morgan fingerprint density at radius 3 is 2.82 bits per heavy atom. The Bertz CT molecular complexity index is 557. The van der Waals surface area contributed by atoms with Crippen LogP contribution in [0.25, 0.3) is 11.3 Å². The maximum Gasteiger partial charge on any atom is 0.231 e. The van der Waals surface area contributed by atoms with Crippen molar-refractivity contribution in [2.24, 2.45) is 0 Å². The standard InChI is InChI=1S/C12H11N3O2/c1-13-12-11(14-4-5-15-12)8-2-3-9-10(6-8)17-7-16-9/h2-6H,7H2,1H3,(H,13,15). The fraction of sp³-hybridized carbons (Fsp3) is 0.167. The molecule has 0 atom stereocenters. The molecule has 5 heteroatoms. The number of benzene rings is 1. The van der Waals surface area contributed by atoms with Crippen molar-refractivity contribution in [1.29, 1.82) is 0 Å². The Kier molecular flexibility index (Phi) is 2.29. The number of rotatable bonds is 2. The van der Waals surface area contributed by atoms with Crippen LogP contribution in [0.4, 0.5) is 5.82 Å². The molecule has 1 aliphatic heterocycles. The highest BCUT2D eigenvalue weighted by atomic mass is 16.7. The number of nitrogens with zero attached hydrogens (tertiary/aromatic N) is 2. The largest absolute Gasteiger partial charge is 0.454 e. The molecule has 5 nitrogen and oxygen atoms in total. The lowest BCUT2D eigenvalue weighted by molar-refractivity contribution is 0.174. The minimum Gasteiger partial charge on any atom is -0.454 e. The summed E-state index contributed by atoms with van der Waals surface area (Å²) in [5, 5.41) is 3.02. The maximum absolute atomic E-state index is 5.34. The second-order valence-electron chi connectivity index (χ2n) is 3.57. The molecule has 0 amide bonds. The van der Waals surface area contributed by atoms with Crippen molar-refractivity contribution < 1.29 is 9.47 Å². The summed E-state index contributed by atoms with van der Waals surface area (Å²) in [6, 6.07) is 5.73. The summed E-state index contributed by atoms with van der Waals surface area (Å²) in [6.45, 7) is 0.276. The van der Waals surface area contributed by atoms with Gasteiger partial charge in [0.1, 0.15) is 5.69 Å². The van der Waals surface area contributed by atoms with Gasteiger partial charge in [-0.25, -0.2) is 4.98 Å². The molecule has 0 unspecified atom stereocenters. The van der Waals surface area contributed by atoms with Crippen molar-refractivity contribution in [3.8, 4) is 22.8 Å². The van der Waals surface area contributed by atoms with E-state index in [1.165, 1.54) is 0 Å². The Morgan fingerprint density at radius 1 is 1.12 bits per heavy atom. The highest BCUT2D eigenvalue weighted by Gasteiger charge is 2.15. The topological polar surface area (TPSA) is 56.3 Å². The number of hydrogen-bond acceptors (Lipinski definition) is 5. The molecule has 1 aliphatic rings. The van der Waals surface area contributed by atoms with Crippen molar-refractivity contribution in [3.63, 3.8) is 0 Å². The molecule has 0 aliphatic carbocycles. The Hall–Kier alpha value is -2.30. The van der Waals surface area contributed by atoms with Gasteiger partial charge in [-0.3, -0.25) is 4.98 Å². The SMILES string of the molecule is CNc1nccnc1-c1ccc2c(c1)OCO2. The summed E-state index contributed by atoms with van der Waals surface area (Å²) in [7, 11) is 1.82. The number of hydrogen-bond donors (Lipinski definition) is 1. The summed E-state index contributed by atoms with van der Waals surface area (Å²) in [4.78, 5) is 8.55. The summed E-state index contributed by atoms with van der Waals surface area (Å²) in [5.41, 5.74) is 1.75. The van der Waals surface area contributed by atoms with Crippen molar-refractivity contribution in [2.75, 3.05) is 19.2 Å². The van der Waals surface area contributed by atoms with E-state index in [1.54, 1.807) is 12.4 Å². The molecule has 2 aromatic rings. The van der Waals surface area contributed by atoms with E-state index in [0.29, 0.717) is 0 Å². The van der Waals surface area contributed by atoms with E-state index in [2.05, 4.69) is 15.3 Å². The van der Waals surface area contributed by atoms with Gasteiger partial charge in [-0.05, 0) is 18.2 Å². The highest BCUT2D eigenvalue weighted by Crippen LogP contribution is 2.36. The van der Waals surface area contributed by atoms with Gasteiger partial charge in [0.25, 0.3) is 0 Å². The average molecular weight is 229 g/mol. The molecule has 86 valence electrons. The molecule has 1 aromatic heterocycles. The summed E-state index contributed by atoms with van der Waals surface area (Å²) < 4.78 is 10.6. The van der Waals surface area contributed by atoms with Crippen LogP contribution in [0.3, 0.4) is 0 Å². The monoisotopic (exact) mass is 229 g/mol. The van der Waals surface area contributed by atoms with Crippen LogP contribution < -0.4 is 14.8 Å². The lowest BCUT2D eigenvalue weighted by Gasteiger charge is -2.07. The summed E-state index contributed by atoms with van der Waals surface area (Å²) >= 11 is 0. The van der Waals surface area contributed by atoms with Gasteiger partial charge in [-0.1, -0.05) is 0 Å². The smallest absolute Gasteiger partial charge is 0.231 e. The van der Waals surface area contributed by atoms with Gasteiger partial charge in [-0.2, -0.15) is 0 Å². The Labute approximate surface area is 98.4 Å². The molecule has 0 radical (unpaired) electrons. The quantitative estimate of drug-likeness (QED) is 0.852. The van der Waals surface area contributed by atoms with Gasteiger partial charge in [0.2, 0.25) is 6.79 Å². The maximum atomic E-state index is 5.34. The predicted octanol–water partition coefficient (Wildman–Crippen LogP) is 1.91. The zero-order valence-electron chi connectivity index (χ0n) is 9.30. The van der Waals surface area contributed by atoms with Crippen molar-refractivity contribution in [2.45, 2.75) is 0 Å². The number of fused-ring (bicyclic) bond motifs is 1. The first kappa shape index (κ1) is 9.89. The first-order chi connectivity index (χ1) is 8.38. The highest BCUT2D eigenvalue weighted by molar-refractivity contribution is 5.73. The van der Waals surface area contributed by atoms with E-state index >= 15 is 0 Å². The molecule has 1 aromatic carbocycles. The molecular weight excluding hydrogens is 218 g/mol. The van der Waals surface area contributed by atoms with E-state index in [0.717, 1.165) is 28.6 Å². The molecule has 0 spiro atoms. The van der Waals surface area contributed by atoms with Crippen LogP contribution in [0.5, 0.6) is 11.5 Å². The zero-order chi connectivity index (χ0) is 11.7. The van der Waals surface area contributed by atoms with Crippen LogP contribution in [0.15, 0.2) is 30.6 Å². The normalized spacial score (nSPS) is 12.5. The second-order valence-corrected chi connectivity index (χ2v) is 3.57. The third-order valence-electron chi connectivity index (χ3n) is 2.58. The van der Waals surface area contributed by atoms with Crippen LogP contribution in [-0.4, -0.2) is 23.8 Å². The molecule has 1 N–H and O–H groups in total. The van der Waals surface area contributed by atoms with Crippen LogP contribution in [-0.2, 0) is 0 Å². The number of anilines is 1. The van der Waals surface area contributed by atoms with E-state index in [1.807, 2.05) is 25.2 Å². The summed E-state index contributed by atoms with van der Waals surface area (Å²) in [5.74, 6) is 2.25. The minimum atomic E-state index is 0.276. The molecule has 0 saturated carbocycles. The predicted molar refractivity (Wildman–Crippen MR) is 63.1 cm³/mol. The van der Waals surface area contributed by atoms with E-state index in [4.69, 9.17) is 9.47 Å². The van der Waals surface area contributed by atoms with Crippen molar-refractivity contribution in [3.05, 3.63) is 30.6 Å². The van der Waals surface area contributed by atoms with Gasteiger partial charge in [0.05, 0.1) is 0 Å². The van der Waals surface area contributed by atoms with E-state index in [9.17, 15) is 0 Å². The van der Waals surface area contributed by atoms with Crippen LogP contribution in [0.1, 0.15) is 0 Å². The number of ether oxygens (including phenoxy) is 2. The zero-order valence-corrected chi connectivity index (χ0v) is 9.30.